The molecule has 0 aliphatic carbocycles. The third-order valence-corrected chi connectivity index (χ3v) is 3.30. The number of aliphatic hydroxyl groups is 1. The minimum atomic E-state index is 0.257. The SMILES string of the molecule is CCC.C[C@H]1CCN(C(C)(C)C)C[C@H]1CO. The maximum atomic E-state index is 9.22. The molecule has 0 bridgehead atoms. The average molecular weight is 229 g/mol. The zero-order valence-electron chi connectivity index (χ0n) is 12.1. The van der Waals surface area contributed by atoms with E-state index in [-0.39, 0.29) is 5.54 Å². The average Bonchev–Trinajstić information content (AvgIpc) is 2.18. The minimum Gasteiger partial charge on any atom is -0.396 e. The molecule has 0 aromatic rings. The fourth-order valence-electron chi connectivity index (χ4n) is 2.00. The maximum absolute atomic E-state index is 9.22. The molecule has 1 heterocycles. The van der Waals surface area contributed by atoms with Gasteiger partial charge in [0.15, 0.2) is 0 Å². The van der Waals surface area contributed by atoms with Crippen molar-refractivity contribution >= 4 is 0 Å². The number of aliphatic hydroxyl groups excluding tert-OH is 1. The number of hydrogen-bond donors (Lipinski definition) is 1. The van der Waals surface area contributed by atoms with Gasteiger partial charge in [0, 0.05) is 18.7 Å². The van der Waals surface area contributed by atoms with Crippen LogP contribution in [0, 0.1) is 11.8 Å². The molecular formula is C14H31NO. The van der Waals surface area contributed by atoms with Crippen LogP contribution in [0.5, 0.6) is 0 Å². The fourth-order valence-corrected chi connectivity index (χ4v) is 2.00. The number of nitrogens with zero attached hydrogens (tertiary/aromatic N) is 1. The summed E-state index contributed by atoms with van der Waals surface area (Å²) in [5.74, 6) is 1.16. The van der Waals surface area contributed by atoms with Crippen molar-refractivity contribution in [3.63, 3.8) is 0 Å². The topological polar surface area (TPSA) is 23.5 Å². The first kappa shape index (κ1) is 15.9. The predicted molar refractivity (Wildman–Crippen MR) is 71.6 cm³/mol. The molecule has 98 valence electrons. The molecule has 1 aliphatic heterocycles. The van der Waals surface area contributed by atoms with E-state index in [1.54, 1.807) is 0 Å². The first-order chi connectivity index (χ1) is 7.36. The van der Waals surface area contributed by atoms with E-state index in [0.717, 1.165) is 6.54 Å². The first-order valence-electron chi connectivity index (χ1n) is 6.72. The van der Waals surface area contributed by atoms with Crippen LogP contribution in [0.1, 0.15) is 54.4 Å². The van der Waals surface area contributed by atoms with Crippen LogP contribution in [0.4, 0.5) is 0 Å². The number of rotatable bonds is 1. The molecule has 2 atom stereocenters. The van der Waals surface area contributed by atoms with E-state index in [2.05, 4.69) is 46.4 Å². The van der Waals surface area contributed by atoms with Crippen LogP contribution in [-0.4, -0.2) is 35.2 Å². The molecule has 1 rings (SSSR count). The molecule has 16 heavy (non-hydrogen) atoms. The van der Waals surface area contributed by atoms with Gasteiger partial charge in [-0.2, -0.15) is 0 Å². The van der Waals surface area contributed by atoms with Gasteiger partial charge in [-0.25, -0.2) is 0 Å². The lowest BCUT2D eigenvalue weighted by atomic mass is 9.85. The molecule has 0 spiro atoms. The van der Waals surface area contributed by atoms with Gasteiger partial charge in [0.05, 0.1) is 0 Å². The van der Waals surface area contributed by atoms with E-state index in [4.69, 9.17) is 0 Å². The minimum absolute atomic E-state index is 0.257. The molecule has 0 aromatic carbocycles. The summed E-state index contributed by atoms with van der Waals surface area (Å²) in [5.41, 5.74) is 0.257. The Morgan fingerprint density at radius 2 is 1.75 bits per heavy atom. The second kappa shape index (κ2) is 7.29. The molecule has 0 radical (unpaired) electrons. The van der Waals surface area contributed by atoms with Gasteiger partial charge in [0.25, 0.3) is 0 Å². The van der Waals surface area contributed by atoms with Gasteiger partial charge < -0.3 is 5.11 Å². The summed E-state index contributed by atoms with van der Waals surface area (Å²) in [5, 5.41) is 9.22. The molecule has 0 saturated carbocycles. The molecule has 2 nitrogen and oxygen atoms in total. The molecule has 1 saturated heterocycles. The highest BCUT2D eigenvalue weighted by Crippen LogP contribution is 2.27. The molecular weight excluding hydrogens is 198 g/mol. The lowest BCUT2D eigenvalue weighted by molar-refractivity contribution is 0.0276. The van der Waals surface area contributed by atoms with Gasteiger partial charge in [-0.3, -0.25) is 4.90 Å². The summed E-state index contributed by atoms with van der Waals surface area (Å²) < 4.78 is 0. The fraction of sp³-hybridized carbons (Fsp3) is 1.00. The van der Waals surface area contributed by atoms with Gasteiger partial charge in [-0.05, 0) is 45.6 Å². The van der Waals surface area contributed by atoms with E-state index >= 15 is 0 Å². The lowest BCUT2D eigenvalue weighted by Crippen LogP contribution is -2.50. The van der Waals surface area contributed by atoms with Crippen LogP contribution in [0.3, 0.4) is 0 Å². The summed E-state index contributed by atoms with van der Waals surface area (Å²) in [4.78, 5) is 2.48. The molecule has 2 heteroatoms. The van der Waals surface area contributed by atoms with Crippen molar-refractivity contribution in [1.82, 2.24) is 4.90 Å². The predicted octanol–water partition coefficient (Wildman–Crippen LogP) is 3.15. The van der Waals surface area contributed by atoms with Crippen LogP contribution in [0.15, 0.2) is 0 Å². The van der Waals surface area contributed by atoms with Gasteiger partial charge in [0.1, 0.15) is 0 Å². The first-order valence-corrected chi connectivity index (χ1v) is 6.72. The Bertz CT molecular complexity index is 174. The number of likely N-dealkylation sites (tertiary alicyclic amines) is 1. The monoisotopic (exact) mass is 229 g/mol. The quantitative estimate of drug-likeness (QED) is 0.746. The summed E-state index contributed by atoms with van der Waals surface area (Å²) >= 11 is 0. The van der Waals surface area contributed by atoms with Gasteiger partial charge in [-0.15, -0.1) is 0 Å². The Balaban J connectivity index is 0.000000673. The van der Waals surface area contributed by atoms with Crippen LogP contribution in [0.25, 0.3) is 0 Å². The Morgan fingerprint density at radius 3 is 2.12 bits per heavy atom. The zero-order chi connectivity index (χ0) is 12.8. The van der Waals surface area contributed by atoms with Crippen molar-refractivity contribution in [2.45, 2.75) is 59.9 Å². The summed E-state index contributed by atoms with van der Waals surface area (Å²) in [6, 6.07) is 0. The molecule has 0 unspecified atom stereocenters. The third kappa shape index (κ3) is 5.31. The van der Waals surface area contributed by atoms with Gasteiger partial charge in [0.2, 0.25) is 0 Å². The summed E-state index contributed by atoms with van der Waals surface area (Å²) in [6.45, 7) is 15.8. The van der Waals surface area contributed by atoms with Crippen molar-refractivity contribution in [1.29, 1.82) is 0 Å². The van der Waals surface area contributed by atoms with E-state index < -0.39 is 0 Å². The lowest BCUT2D eigenvalue weighted by Gasteiger charge is -2.43. The maximum Gasteiger partial charge on any atom is 0.0474 e. The van der Waals surface area contributed by atoms with Gasteiger partial charge in [-0.1, -0.05) is 27.2 Å². The van der Waals surface area contributed by atoms with Crippen LogP contribution >= 0.6 is 0 Å². The molecule has 1 N–H and O–H groups in total. The second-order valence-electron chi connectivity index (χ2n) is 6.03. The Labute approximate surface area is 102 Å². The van der Waals surface area contributed by atoms with E-state index in [1.807, 2.05) is 0 Å². The summed E-state index contributed by atoms with van der Waals surface area (Å²) in [6.07, 6.45) is 2.47. The Kier molecular flexibility index (Phi) is 7.25. The number of piperidine rings is 1. The highest BCUT2D eigenvalue weighted by molar-refractivity contribution is 4.84. The molecule has 0 aromatic heterocycles. The Morgan fingerprint density at radius 1 is 1.25 bits per heavy atom. The molecule has 0 amide bonds. The van der Waals surface area contributed by atoms with Crippen LogP contribution < -0.4 is 0 Å². The molecule has 1 fully saturated rings. The summed E-state index contributed by atoms with van der Waals surface area (Å²) in [7, 11) is 0. The van der Waals surface area contributed by atoms with Crippen molar-refractivity contribution in [3.05, 3.63) is 0 Å². The van der Waals surface area contributed by atoms with Crippen molar-refractivity contribution < 1.29 is 5.11 Å². The highest BCUT2D eigenvalue weighted by atomic mass is 16.3. The highest BCUT2D eigenvalue weighted by Gasteiger charge is 2.31. The van der Waals surface area contributed by atoms with Crippen LogP contribution in [-0.2, 0) is 0 Å². The normalized spacial score (nSPS) is 27.2. The third-order valence-electron chi connectivity index (χ3n) is 3.30. The number of hydrogen-bond acceptors (Lipinski definition) is 2. The van der Waals surface area contributed by atoms with Crippen molar-refractivity contribution in [2.75, 3.05) is 19.7 Å². The van der Waals surface area contributed by atoms with E-state index in [1.165, 1.54) is 19.4 Å². The van der Waals surface area contributed by atoms with Crippen molar-refractivity contribution in [3.8, 4) is 0 Å². The van der Waals surface area contributed by atoms with Crippen molar-refractivity contribution in [2.24, 2.45) is 11.8 Å². The van der Waals surface area contributed by atoms with E-state index in [9.17, 15) is 5.11 Å². The smallest absolute Gasteiger partial charge is 0.0474 e. The standard InChI is InChI=1S/C11H23NO.C3H8/c1-9-5-6-12(11(2,3)4)7-10(9)8-13;1-3-2/h9-10,13H,5-8H2,1-4H3;3H2,1-2H3/t9-,10-;/m0./s1. The second-order valence-corrected chi connectivity index (χ2v) is 6.03. The van der Waals surface area contributed by atoms with E-state index in [0.29, 0.717) is 18.4 Å². The molecule has 1 aliphatic rings. The Hall–Kier alpha value is -0.0800. The largest absolute Gasteiger partial charge is 0.396 e. The van der Waals surface area contributed by atoms with Crippen LogP contribution in [0.2, 0.25) is 0 Å². The van der Waals surface area contributed by atoms with Gasteiger partial charge >= 0.3 is 0 Å². The zero-order valence-corrected chi connectivity index (χ0v) is 12.1.